The van der Waals surface area contributed by atoms with Gasteiger partial charge < -0.3 is 19.0 Å². The number of carbonyl (C=O) groups is 1. The van der Waals surface area contributed by atoms with Crippen LogP contribution in [0.2, 0.25) is 0 Å². The van der Waals surface area contributed by atoms with E-state index in [0.29, 0.717) is 18.0 Å². The summed E-state index contributed by atoms with van der Waals surface area (Å²) in [7, 11) is 0. The highest BCUT2D eigenvalue weighted by Gasteiger charge is 2.51. The number of aromatic nitrogens is 3. The molecule has 1 amide bonds. The molecule has 2 aliphatic rings. The summed E-state index contributed by atoms with van der Waals surface area (Å²) in [5.74, 6) is 0.728. The van der Waals surface area contributed by atoms with E-state index in [-0.39, 0.29) is 28.9 Å². The minimum atomic E-state index is -0.191. The molecule has 0 unspecified atom stereocenters. The summed E-state index contributed by atoms with van der Waals surface area (Å²) in [6, 6.07) is 10.1. The Kier molecular flexibility index (Phi) is 5.27. The van der Waals surface area contributed by atoms with Crippen molar-refractivity contribution in [3.05, 3.63) is 59.2 Å². The molecule has 1 aliphatic carbocycles. The van der Waals surface area contributed by atoms with E-state index >= 15 is 0 Å². The van der Waals surface area contributed by atoms with Gasteiger partial charge in [0.2, 0.25) is 5.89 Å². The van der Waals surface area contributed by atoms with Gasteiger partial charge in [0.15, 0.2) is 5.58 Å². The van der Waals surface area contributed by atoms with Crippen LogP contribution in [0, 0.1) is 5.41 Å². The lowest BCUT2D eigenvalue weighted by Crippen LogP contribution is -2.58. The first-order chi connectivity index (χ1) is 17.2. The fourth-order valence-corrected chi connectivity index (χ4v) is 6.16. The minimum Gasteiger partial charge on any atom is -0.438 e. The smallest absolute Gasteiger partial charge is 0.254 e. The van der Waals surface area contributed by atoms with Gasteiger partial charge in [0.1, 0.15) is 11.6 Å². The van der Waals surface area contributed by atoms with E-state index in [1.165, 1.54) is 11.1 Å². The second kappa shape index (κ2) is 8.17. The first-order valence-electron chi connectivity index (χ1n) is 13.0. The summed E-state index contributed by atoms with van der Waals surface area (Å²) < 4.78 is 12.0. The Bertz CT molecular complexity index is 1460. The van der Waals surface area contributed by atoms with Crippen LogP contribution in [0.5, 0.6) is 0 Å². The normalized spacial score (nSPS) is 22.7. The number of H-pyrrole nitrogens is 1. The number of aromatic amines is 1. The van der Waals surface area contributed by atoms with Crippen molar-refractivity contribution in [3.8, 4) is 0 Å². The van der Waals surface area contributed by atoms with E-state index in [9.17, 15) is 4.79 Å². The zero-order valence-corrected chi connectivity index (χ0v) is 21.7. The average molecular weight is 487 g/mol. The van der Waals surface area contributed by atoms with Crippen LogP contribution in [0.25, 0.3) is 22.1 Å². The lowest BCUT2D eigenvalue weighted by atomic mass is 9.55. The van der Waals surface area contributed by atoms with Crippen LogP contribution < -0.4 is 0 Å². The largest absolute Gasteiger partial charge is 0.438 e. The minimum absolute atomic E-state index is 0.0213. The number of hydrogen-bond acceptors (Lipinski definition) is 5. The van der Waals surface area contributed by atoms with Gasteiger partial charge >= 0.3 is 0 Å². The van der Waals surface area contributed by atoms with Crippen molar-refractivity contribution >= 4 is 28.0 Å². The summed E-state index contributed by atoms with van der Waals surface area (Å²) in [5.41, 5.74) is 6.24. The maximum Gasteiger partial charge on any atom is 0.254 e. The Morgan fingerprint density at radius 1 is 1.17 bits per heavy atom. The number of fused-ring (bicyclic) bond motifs is 3. The first-order valence-corrected chi connectivity index (χ1v) is 13.0. The number of imidazole rings is 1. The van der Waals surface area contributed by atoms with Crippen LogP contribution in [0.1, 0.15) is 80.9 Å². The van der Waals surface area contributed by atoms with E-state index in [2.05, 4.69) is 56.7 Å². The molecule has 2 atom stereocenters. The number of ether oxygens (including phenoxy) is 1. The number of benzene rings is 2. The molecule has 0 saturated carbocycles. The van der Waals surface area contributed by atoms with Crippen LogP contribution in [-0.2, 0) is 16.6 Å². The molecule has 2 aromatic carbocycles. The van der Waals surface area contributed by atoms with E-state index in [4.69, 9.17) is 14.1 Å². The van der Waals surface area contributed by atoms with Crippen molar-refractivity contribution in [3.63, 3.8) is 0 Å². The van der Waals surface area contributed by atoms with Gasteiger partial charge in [-0.2, -0.15) is 0 Å². The Hall–Kier alpha value is -3.19. The molecular weight excluding hydrogens is 452 g/mol. The van der Waals surface area contributed by atoms with Crippen LogP contribution in [-0.4, -0.2) is 45.0 Å². The number of amides is 1. The van der Waals surface area contributed by atoms with Gasteiger partial charge in [-0.1, -0.05) is 27.7 Å². The third kappa shape index (κ3) is 3.39. The molecule has 1 fully saturated rings. The van der Waals surface area contributed by atoms with Gasteiger partial charge in [-0.05, 0) is 78.5 Å². The second-order valence-corrected chi connectivity index (χ2v) is 11.3. The van der Waals surface area contributed by atoms with Crippen molar-refractivity contribution in [1.29, 1.82) is 0 Å². The SMILES string of the molecule is CCN(C(=O)c1ccc2nc[nH]c2c1)[C@@H]1Cc2cc3oc([C@@H]4CCCO4)nc3cc2C(C)(C)C1(C)C. The number of oxazole rings is 1. The predicted octanol–water partition coefficient (Wildman–Crippen LogP) is 5.95. The molecule has 1 aliphatic heterocycles. The van der Waals surface area contributed by atoms with Gasteiger partial charge in [-0.25, -0.2) is 9.97 Å². The molecule has 188 valence electrons. The molecule has 7 nitrogen and oxygen atoms in total. The molecule has 0 spiro atoms. The van der Waals surface area contributed by atoms with Gasteiger partial charge in [0, 0.05) is 24.8 Å². The van der Waals surface area contributed by atoms with Crippen molar-refractivity contribution in [2.24, 2.45) is 5.41 Å². The third-order valence-electron chi connectivity index (χ3n) is 9.01. The van der Waals surface area contributed by atoms with Gasteiger partial charge in [-0.15, -0.1) is 0 Å². The Balaban J connectivity index is 1.40. The van der Waals surface area contributed by atoms with Gasteiger partial charge in [0.25, 0.3) is 5.91 Å². The monoisotopic (exact) mass is 486 g/mol. The predicted molar refractivity (Wildman–Crippen MR) is 139 cm³/mol. The molecule has 1 N–H and O–H groups in total. The highest BCUT2D eigenvalue weighted by atomic mass is 16.5. The van der Waals surface area contributed by atoms with Crippen molar-refractivity contribution in [2.45, 2.75) is 71.4 Å². The number of carbonyl (C=O) groups excluding carboxylic acids is 1. The standard InChI is InChI=1S/C29H34N4O3/c1-6-33(27(34)17-9-10-20-21(12-17)31-16-30-20)25-14-18-13-24-22(15-19(18)28(2,3)29(25,4)5)32-26(36-24)23-8-7-11-35-23/h9-10,12-13,15-16,23,25H,6-8,11,14H2,1-5H3,(H,30,31)/t23-,25+/m0/s1. The molecule has 7 heteroatoms. The fourth-order valence-electron chi connectivity index (χ4n) is 6.16. The van der Waals surface area contributed by atoms with E-state index in [1.807, 2.05) is 23.1 Å². The number of nitrogens with zero attached hydrogens (tertiary/aromatic N) is 3. The maximum atomic E-state index is 13.9. The van der Waals surface area contributed by atoms with E-state index in [1.54, 1.807) is 6.33 Å². The molecule has 1 saturated heterocycles. The summed E-state index contributed by atoms with van der Waals surface area (Å²) in [4.78, 5) is 28.1. The van der Waals surface area contributed by atoms with Gasteiger partial charge in [0.05, 0.1) is 17.4 Å². The summed E-state index contributed by atoms with van der Waals surface area (Å²) in [6.07, 6.45) is 4.37. The average Bonchev–Trinajstić information content (AvgIpc) is 3.61. The van der Waals surface area contributed by atoms with Crippen molar-refractivity contribution in [1.82, 2.24) is 19.9 Å². The van der Waals surface area contributed by atoms with Crippen LogP contribution in [0.3, 0.4) is 0 Å². The van der Waals surface area contributed by atoms with Crippen LogP contribution >= 0.6 is 0 Å². The molecule has 2 aromatic heterocycles. The molecule has 4 aromatic rings. The van der Waals surface area contributed by atoms with Crippen LogP contribution in [0.4, 0.5) is 0 Å². The third-order valence-corrected chi connectivity index (χ3v) is 9.01. The second-order valence-electron chi connectivity index (χ2n) is 11.3. The summed E-state index contributed by atoms with van der Waals surface area (Å²) in [6.45, 7) is 12.6. The van der Waals surface area contributed by atoms with Gasteiger partial charge in [-0.3, -0.25) is 4.79 Å². The number of rotatable bonds is 4. The van der Waals surface area contributed by atoms with Crippen molar-refractivity contribution in [2.75, 3.05) is 13.2 Å². The van der Waals surface area contributed by atoms with Crippen molar-refractivity contribution < 1.29 is 13.9 Å². The van der Waals surface area contributed by atoms with E-state index in [0.717, 1.165) is 48.0 Å². The highest BCUT2D eigenvalue weighted by molar-refractivity contribution is 5.97. The zero-order valence-electron chi connectivity index (χ0n) is 21.7. The van der Waals surface area contributed by atoms with E-state index < -0.39 is 0 Å². The Morgan fingerprint density at radius 2 is 2.00 bits per heavy atom. The molecule has 6 rings (SSSR count). The quantitative estimate of drug-likeness (QED) is 0.386. The topological polar surface area (TPSA) is 84.2 Å². The summed E-state index contributed by atoms with van der Waals surface area (Å²) >= 11 is 0. The lowest BCUT2D eigenvalue weighted by molar-refractivity contribution is 0.0215. The Labute approximate surface area is 211 Å². The number of likely N-dealkylation sites (N-methyl/N-ethyl adjacent to an activating group) is 1. The highest BCUT2D eigenvalue weighted by Crippen LogP contribution is 2.52. The molecule has 0 radical (unpaired) electrons. The molecule has 0 bridgehead atoms. The molecule has 36 heavy (non-hydrogen) atoms. The maximum absolute atomic E-state index is 13.9. The first kappa shape index (κ1) is 23.2. The number of hydrogen-bond donors (Lipinski definition) is 1. The molecule has 3 heterocycles. The Morgan fingerprint density at radius 3 is 2.75 bits per heavy atom. The fraction of sp³-hybridized carbons (Fsp3) is 0.483. The van der Waals surface area contributed by atoms with Crippen LogP contribution in [0.15, 0.2) is 41.1 Å². The summed E-state index contributed by atoms with van der Waals surface area (Å²) in [5, 5.41) is 0. The lowest BCUT2D eigenvalue weighted by Gasteiger charge is -2.55. The zero-order chi connectivity index (χ0) is 25.2. The number of nitrogens with one attached hydrogen (secondary N) is 1. The molecular formula is C29H34N4O3.